The van der Waals surface area contributed by atoms with Gasteiger partial charge in [-0.15, -0.1) is 0 Å². The predicted octanol–water partition coefficient (Wildman–Crippen LogP) is 4.76. The number of nitrogens with zero attached hydrogens (tertiary/aromatic N) is 2. The molecule has 3 aromatic rings. The zero-order valence-electron chi connectivity index (χ0n) is 11.9. The van der Waals surface area contributed by atoms with E-state index < -0.39 is 0 Å². The molecule has 0 unspecified atom stereocenters. The van der Waals surface area contributed by atoms with Gasteiger partial charge in [-0.3, -0.25) is 4.98 Å². The lowest BCUT2D eigenvalue weighted by atomic mass is 10.1. The Hall–Kier alpha value is -2.09. The first kappa shape index (κ1) is 12.9. The molecule has 0 amide bonds. The Labute approximate surface area is 120 Å². The van der Waals surface area contributed by atoms with Gasteiger partial charge in [-0.25, -0.2) is 0 Å². The highest BCUT2D eigenvalue weighted by Crippen LogP contribution is 2.25. The van der Waals surface area contributed by atoms with Crippen LogP contribution in [0.5, 0.6) is 0 Å². The number of hydrogen-bond acceptors (Lipinski definition) is 1. The first-order valence-electron chi connectivity index (χ1n) is 7.39. The van der Waals surface area contributed by atoms with Crippen molar-refractivity contribution < 1.29 is 0 Å². The van der Waals surface area contributed by atoms with Crippen molar-refractivity contribution in [3.05, 3.63) is 60.6 Å². The molecule has 0 radical (unpaired) electrons. The average Bonchev–Trinajstić information content (AvgIpc) is 2.88. The summed E-state index contributed by atoms with van der Waals surface area (Å²) in [5, 5.41) is 1.38. The first-order valence-corrected chi connectivity index (χ1v) is 7.39. The van der Waals surface area contributed by atoms with Crippen LogP contribution in [0.4, 0.5) is 0 Å². The molecule has 2 heterocycles. The van der Waals surface area contributed by atoms with Crippen molar-refractivity contribution in [2.45, 2.75) is 32.6 Å². The molecule has 0 aliphatic heterocycles. The smallest absolute Gasteiger partial charge is 0.0531 e. The number of benzene rings is 1. The first-order chi connectivity index (χ1) is 9.90. The fourth-order valence-electron chi connectivity index (χ4n) is 2.73. The second-order valence-electron chi connectivity index (χ2n) is 5.20. The SMILES string of the molecule is CCCCCc1cn(-c2ccncc2)c2ccccc12. The fraction of sp³-hybridized carbons (Fsp3) is 0.278. The van der Waals surface area contributed by atoms with Crippen LogP contribution in [-0.2, 0) is 6.42 Å². The summed E-state index contributed by atoms with van der Waals surface area (Å²) in [6.07, 6.45) is 11.0. The molecular weight excluding hydrogens is 244 g/mol. The minimum Gasteiger partial charge on any atom is -0.316 e. The van der Waals surface area contributed by atoms with Crippen LogP contribution in [0.2, 0.25) is 0 Å². The number of aromatic nitrogens is 2. The van der Waals surface area contributed by atoms with Crippen LogP contribution < -0.4 is 0 Å². The molecule has 1 aromatic carbocycles. The topological polar surface area (TPSA) is 17.8 Å². The Bertz CT molecular complexity index is 683. The molecule has 2 nitrogen and oxygen atoms in total. The average molecular weight is 264 g/mol. The number of fused-ring (bicyclic) bond motifs is 1. The van der Waals surface area contributed by atoms with E-state index in [1.54, 1.807) is 0 Å². The van der Waals surface area contributed by atoms with E-state index in [1.165, 1.54) is 41.4 Å². The van der Waals surface area contributed by atoms with Gasteiger partial charge >= 0.3 is 0 Å². The maximum atomic E-state index is 4.11. The van der Waals surface area contributed by atoms with Crippen molar-refractivity contribution in [3.63, 3.8) is 0 Å². The summed E-state index contributed by atoms with van der Waals surface area (Å²) in [5.41, 5.74) is 3.91. The van der Waals surface area contributed by atoms with E-state index >= 15 is 0 Å². The Morgan fingerprint density at radius 1 is 1.00 bits per heavy atom. The molecule has 102 valence electrons. The van der Waals surface area contributed by atoms with E-state index in [0.717, 1.165) is 6.42 Å². The van der Waals surface area contributed by atoms with Crippen LogP contribution in [-0.4, -0.2) is 9.55 Å². The molecule has 0 saturated heterocycles. The fourth-order valence-corrected chi connectivity index (χ4v) is 2.73. The molecule has 0 fully saturated rings. The largest absolute Gasteiger partial charge is 0.316 e. The number of unbranched alkanes of at least 4 members (excludes halogenated alkanes) is 2. The van der Waals surface area contributed by atoms with Gasteiger partial charge in [0.2, 0.25) is 0 Å². The standard InChI is InChI=1S/C18H20N2/c1-2-3-4-7-15-14-20(16-10-12-19-13-11-16)18-9-6-5-8-17(15)18/h5-6,8-14H,2-4,7H2,1H3. The molecular formula is C18H20N2. The quantitative estimate of drug-likeness (QED) is 0.608. The van der Waals surface area contributed by atoms with Crippen molar-refractivity contribution in [3.8, 4) is 5.69 Å². The number of para-hydroxylation sites is 1. The predicted molar refractivity (Wildman–Crippen MR) is 84.3 cm³/mol. The van der Waals surface area contributed by atoms with E-state index in [0.29, 0.717) is 0 Å². The van der Waals surface area contributed by atoms with Crippen molar-refractivity contribution in [2.75, 3.05) is 0 Å². The van der Waals surface area contributed by atoms with Crippen LogP contribution >= 0.6 is 0 Å². The molecule has 2 heteroatoms. The van der Waals surface area contributed by atoms with E-state index in [2.05, 4.69) is 59.1 Å². The Morgan fingerprint density at radius 2 is 1.80 bits per heavy atom. The minimum absolute atomic E-state index is 1.16. The number of rotatable bonds is 5. The van der Waals surface area contributed by atoms with Gasteiger partial charge in [-0.2, -0.15) is 0 Å². The van der Waals surface area contributed by atoms with Gasteiger partial charge in [0.05, 0.1) is 5.52 Å². The molecule has 0 atom stereocenters. The summed E-state index contributed by atoms with van der Waals surface area (Å²) in [5.74, 6) is 0. The number of pyridine rings is 1. The van der Waals surface area contributed by atoms with E-state index in [9.17, 15) is 0 Å². The summed E-state index contributed by atoms with van der Waals surface area (Å²) in [6, 6.07) is 12.8. The van der Waals surface area contributed by atoms with Gasteiger partial charge in [-0.05, 0) is 36.6 Å². The van der Waals surface area contributed by atoms with Gasteiger partial charge < -0.3 is 4.57 Å². The highest BCUT2D eigenvalue weighted by Gasteiger charge is 2.08. The molecule has 0 aliphatic carbocycles. The second-order valence-corrected chi connectivity index (χ2v) is 5.20. The minimum atomic E-state index is 1.16. The summed E-state index contributed by atoms with van der Waals surface area (Å²) < 4.78 is 2.28. The summed E-state index contributed by atoms with van der Waals surface area (Å²) in [6.45, 7) is 2.25. The van der Waals surface area contributed by atoms with Crippen molar-refractivity contribution in [1.82, 2.24) is 9.55 Å². The van der Waals surface area contributed by atoms with Gasteiger partial charge in [0, 0.05) is 29.7 Å². The maximum absolute atomic E-state index is 4.11. The lowest BCUT2D eigenvalue weighted by Gasteiger charge is -2.03. The molecule has 2 aromatic heterocycles. The van der Waals surface area contributed by atoms with E-state index in [4.69, 9.17) is 0 Å². The zero-order valence-corrected chi connectivity index (χ0v) is 11.9. The number of hydrogen-bond donors (Lipinski definition) is 0. The number of aryl methyl sites for hydroxylation is 1. The molecule has 0 saturated carbocycles. The van der Waals surface area contributed by atoms with Crippen molar-refractivity contribution in [1.29, 1.82) is 0 Å². The highest BCUT2D eigenvalue weighted by molar-refractivity contribution is 5.85. The monoisotopic (exact) mass is 264 g/mol. The summed E-state index contributed by atoms with van der Waals surface area (Å²) in [4.78, 5) is 4.11. The van der Waals surface area contributed by atoms with Gasteiger partial charge in [0.25, 0.3) is 0 Å². The summed E-state index contributed by atoms with van der Waals surface area (Å²) >= 11 is 0. The lowest BCUT2D eigenvalue weighted by Crippen LogP contribution is -1.91. The molecule has 0 bridgehead atoms. The second kappa shape index (κ2) is 5.91. The van der Waals surface area contributed by atoms with Crippen LogP contribution in [0, 0.1) is 0 Å². The highest BCUT2D eigenvalue weighted by atomic mass is 15.0. The molecule has 0 N–H and O–H groups in total. The molecule has 0 aliphatic rings. The summed E-state index contributed by atoms with van der Waals surface area (Å²) in [7, 11) is 0. The van der Waals surface area contributed by atoms with Gasteiger partial charge in [0.15, 0.2) is 0 Å². The van der Waals surface area contributed by atoms with E-state index in [-0.39, 0.29) is 0 Å². The van der Waals surface area contributed by atoms with Crippen molar-refractivity contribution >= 4 is 10.9 Å². The van der Waals surface area contributed by atoms with Crippen molar-refractivity contribution in [2.24, 2.45) is 0 Å². The third-order valence-corrected chi connectivity index (χ3v) is 3.79. The van der Waals surface area contributed by atoms with Crippen LogP contribution in [0.15, 0.2) is 55.0 Å². The Balaban J connectivity index is 2.05. The Kier molecular flexibility index (Phi) is 3.82. The Morgan fingerprint density at radius 3 is 2.60 bits per heavy atom. The van der Waals surface area contributed by atoms with Gasteiger partial charge in [0.1, 0.15) is 0 Å². The third kappa shape index (κ3) is 2.46. The zero-order chi connectivity index (χ0) is 13.8. The van der Waals surface area contributed by atoms with Gasteiger partial charge in [-0.1, -0.05) is 38.0 Å². The van der Waals surface area contributed by atoms with Crippen LogP contribution in [0.1, 0.15) is 31.7 Å². The third-order valence-electron chi connectivity index (χ3n) is 3.79. The maximum Gasteiger partial charge on any atom is 0.0531 e. The molecule has 20 heavy (non-hydrogen) atoms. The van der Waals surface area contributed by atoms with E-state index in [1.807, 2.05) is 12.4 Å². The normalized spacial score (nSPS) is 11.1. The van der Waals surface area contributed by atoms with Crippen LogP contribution in [0.3, 0.4) is 0 Å². The molecule has 3 rings (SSSR count). The lowest BCUT2D eigenvalue weighted by molar-refractivity contribution is 0.719. The molecule has 0 spiro atoms. The van der Waals surface area contributed by atoms with Crippen LogP contribution in [0.25, 0.3) is 16.6 Å².